The van der Waals surface area contributed by atoms with Crippen molar-refractivity contribution in [3.63, 3.8) is 0 Å². The number of hydrazone groups is 1. The van der Waals surface area contributed by atoms with Crippen molar-refractivity contribution in [3.8, 4) is 5.75 Å². The van der Waals surface area contributed by atoms with Gasteiger partial charge in [0.2, 0.25) is 0 Å². The second-order valence-electron chi connectivity index (χ2n) is 6.16. The zero-order valence-electron chi connectivity index (χ0n) is 15.7. The van der Waals surface area contributed by atoms with Crippen LogP contribution >= 0.6 is 0 Å². The Morgan fingerprint density at radius 1 is 1.00 bits per heavy atom. The summed E-state index contributed by atoms with van der Waals surface area (Å²) in [5.41, 5.74) is 4.74. The molecule has 0 aliphatic heterocycles. The highest BCUT2D eigenvalue weighted by atomic mass is 19.1. The lowest BCUT2D eigenvalue weighted by molar-refractivity contribution is -0.118. The molecule has 0 bridgehead atoms. The number of carbonyl (C=O) groups is 1. The van der Waals surface area contributed by atoms with Gasteiger partial charge in [-0.3, -0.25) is 10.2 Å². The summed E-state index contributed by atoms with van der Waals surface area (Å²) < 4.78 is 32.0. The predicted molar refractivity (Wildman–Crippen MR) is 109 cm³/mol. The summed E-state index contributed by atoms with van der Waals surface area (Å²) in [6.45, 7) is 1.63. The molecule has 0 saturated carbocycles. The van der Waals surface area contributed by atoms with Crippen LogP contribution in [0.25, 0.3) is 0 Å². The third kappa shape index (κ3) is 5.87. The summed E-state index contributed by atoms with van der Waals surface area (Å²) in [5.74, 6) is -1.10. The molecule has 0 radical (unpaired) electrons. The monoisotopic (exact) mass is 395 g/mol. The highest BCUT2D eigenvalue weighted by Gasteiger charge is 2.06. The lowest BCUT2D eigenvalue weighted by Gasteiger charge is -2.09. The number of rotatable bonds is 7. The maximum Gasteiger partial charge on any atom is 0.262 e. The number of nitrogens with zero attached hydrogens (tertiary/aromatic N) is 1. The second-order valence-corrected chi connectivity index (χ2v) is 6.16. The van der Waals surface area contributed by atoms with Crippen molar-refractivity contribution in [1.29, 1.82) is 0 Å². The first kappa shape index (κ1) is 20.0. The van der Waals surface area contributed by atoms with E-state index in [0.717, 1.165) is 17.7 Å². The Balaban J connectivity index is 1.54. The molecule has 3 rings (SSSR count). The van der Waals surface area contributed by atoms with Gasteiger partial charge in [0.1, 0.15) is 11.6 Å². The molecule has 0 unspecified atom stereocenters. The van der Waals surface area contributed by atoms with Crippen LogP contribution in [-0.2, 0) is 4.79 Å². The predicted octanol–water partition coefficient (Wildman–Crippen LogP) is 4.82. The van der Waals surface area contributed by atoms with E-state index in [4.69, 9.17) is 4.74 Å². The van der Waals surface area contributed by atoms with Crippen LogP contribution < -0.4 is 15.5 Å². The van der Waals surface area contributed by atoms with Crippen molar-refractivity contribution >= 4 is 23.0 Å². The van der Waals surface area contributed by atoms with E-state index in [1.165, 1.54) is 6.07 Å². The van der Waals surface area contributed by atoms with E-state index in [1.54, 1.807) is 43.3 Å². The van der Waals surface area contributed by atoms with E-state index >= 15 is 0 Å². The van der Waals surface area contributed by atoms with Gasteiger partial charge in [-0.2, -0.15) is 5.10 Å². The molecule has 0 aliphatic carbocycles. The van der Waals surface area contributed by atoms with E-state index in [9.17, 15) is 13.6 Å². The fraction of sp³-hybridized carbons (Fsp3) is 0.0909. The average Bonchev–Trinajstić information content (AvgIpc) is 2.72. The highest BCUT2D eigenvalue weighted by molar-refractivity contribution is 5.99. The molecule has 0 aliphatic rings. The molecule has 2 N–H and O–H groups in total. The van der Waals surface area contributed by atoms with Crippen LogP contribution in [0.4, 0.5) is 20.2 Å². The SMILES string of the molecule is C/C(=N/Nc1ccc(F)cc1F)c1ccc(OCC(=O)Nc2ccccc2)cc1. The maximum atomic E-state index is 13.6. The Kier molecular flexibility index (Phi) is 6.52. The van der Waals surface area contributed by atoms with Crippen LogP contribution in [0.15, 0.2) is 77.9 Å². The maximum absolute atomic E-state index is 13.6. The van der Waals surface area contributed by atoms with Crippen molar-refractivity contribution in [3.05, 3.63) is 90.0 Å². The topological polar surface area (TPSA) is 62.7 Å². The Morgan fingerprint density at radius 2 is 1.72 bits per heavy atom. The number of nitrogens with one attached hydrogen (secondary N) is 2. The highest BCUT2D eigenvalue weighted by Crippen LogP contribution is 2.16. The zero-order chi connectivity index (χ0) is 20.6. The van der Waals surface area contributed by atoms with E-state index in [2.05, 4.69) is 15.8 Å². The number of halogens is 2. The number of para-hydroxylation sites is 1. The third-order valence-corrected chi connectivity index (χ3v) is 3.97. The van der Waals surface area contributed by atoms with Crippen LogP contribution in [0, 0.1) is 11.6 Å². The summed E-state index contributed by atoms with van der Waals surface area (Å²) in [6.07, 6.45) is 0. The number of anilines is 2. The molecule has 0 saturated heterocycles. The minimum Gasteiger partial charge on any atom is -0.484 e. The van der Waals surface area contributed by atoms with Crippen molar-refractivity contribution < 1.29 is 18.3 Å². The van der Waals surface area contributed by atoms with Crippen LogP contribution in [0.5, 0.6) is 5.75 Å². The van der Waals surface area contributed by atoms with E-state index in [-0.39, 0.29) is 18.2 Å². The number of benzene rings is 3. The molecule has 7 heteroatoms. The number of hydrogen-bond donors (Lipinski definition) is 2. The van der Waals surface area contributed by atoms with Crippen LogP contribution in [-0.4, -0.2) is 18.2 Å². The number of hydrogen-bond acceptors (Lipinski definition) is 4. The molecular weight excluding hydrogens is 376 g/mol. The van der Waals surface area contributed by atoms with Gasteiger partial charge in [0.25, 0.3) is 5.91 Å². The summed E-state index contributed by atoms with van der Waals surface area (Å²) in [6, 6.07) is 19.3. The first-order chi connectivity index (χ1) is 14.0. The van der Waals surface area contributed by atoms with E-state index < -0.39 is 11.6 Å². The normalized spacial score (nSPS) is 11.1. The van der Waals surface area contributed by atoms with Crippen molar-refractivity contribution in [2.24, 2.45) is 5.10 Å². The zero-order valence-corrected chi connectivity index (χ0v) is 15.7. The Morgan fingerprint density at radius 3 is 2.41 bits per heavy atom. The molecule has 0 aromatic heterocycles. The lowest BCUT2D eigenvalue weighted by atomic mass is 10.1. The van der Waals surface area contributed by atoms with Crippen LogP contribution in [0.1, 0.15) is 12.5 Å². The quantitative estimate of drug-likeness (QED) is 0.445. The summed E-state index contributed by atoms with van der Waals surface area (Å²) in [7, 11) is 0. The number of amides is 1. The molecule has 0 atom stereocenters. The number of carbonyl (C=O) groups excluding carboxylic acids is 1. The Labute approximate surface area is 167 Å². The molecule has 5 nitrogen and oxygen atoms in total. The van der Waals surface area contributed by atoms with E-state index in [0.29, 0.717) is 17.1 Å². The second kappa shape index (κ2) is 9.45. The molecule has 0 spiro atoms. The van der Waals surface area contributed by atoms with E-state index in [1.807, 2.05) is 18.2 Å². The molecule has 1 amide bonds. The van der Waals surface area contributed by atoms with Gasteiger partial charge in [-0.25, -0.2) is 8.78 Å². The molecule has 3 aromatic rings. The van der Waals surface area contributed by atoms with Gasteiger partial charge in [0, 0.05) is 11.8 Å². The van der Waals surface area contributed by atoms with Gasteiger partial charge >= 0.3 is 0 Å². The molecule has 0 fully saturated rings. The smallest absolute Gasteiger partial charge is 0.262 e. The van der Waals surface area contributed by atoms with Crippen LogP contribution in [0.3, 0.4) is 0 Å². The van der Waals surface area contributed by atoms with Crippen molar-refractivity contribution in [1.82, 2.24) is 0 Å². The van der Waals surface area contributed by atoms with Gasteiger partial charge in [-0.05, 0) is 61.0 Å². The molecule has 3 aromatic carbocycles. The molecule has 148 valence electrons. The average molecular weight is 395 g/mol. The van der Waals surface area contributed by atoms with Gasteiger partial charge < -0.3 is 10.1 Å². The lowest BCUT2D eigenvalue weighted by Crippen LogP contribution is -2.20. The Hall–Kier alpha value is -3.74. The fourth-order valence-electron chi connectivity index (χ4n) is 2.45. The fourth-order valence-corrected chi connectivity index (χ4v) is 2.45. The minimum absolute atomic E-state index is 0.0788. The number of ether oxygens (including phenoxy) is 1. The Bertz CT molecular complexity index is 1010. The van der Waals surface area contributed by atoms with Gasteiger partial charge in [0.05, 0.1) is 11.4 Å². The van der Waals surface area contributed by atoms with Gasteiger partial charge in [-0.15, -0.1) is 0 Å². The first-order valence-corrected chi connectivity index (χ1v) is 8.85. The van der Waals surface area contributed by atoms with Crippen molar-refractivity contribution in [2.75, 3.05) is 17.3 Å². The first-order valence-electron chi connectivity index (χ1n) is 8.85. The molecular formula is C22H19F2N3O2. The van der Waals surface area contributed by atoms with Crippen LogP contribution in [0.2, 0.25) is 0 Å². The molecule has 29 heavy (non-hydrogen) atoms. The largest absolute Gasteiger partial charge is 0.484 e. The summed E-state index contributed by atoms with van der Waals surface area (Å²) in [5, 5.41) is 6.84. The summed E-state index contributed by atoms with van der Waals surface area (Å²) >= 11 is 0. The van der Waals surface area contributed by atoms with Gasteiger partial charge in [-0.1, -0.05) is 18.2 Å². The summed E-state index contributed by atoms with van der Waals surface area (Å²) in [4.78, 5) is 11.9. The third-order valence-electron chi connectivity index (χ3n) is 3.97. The van der Waals surface area contributed by atoms with Crippen molar-refractivity contribution in [2.45, 2.75) is 6.92 Å². The van der Waals surface area contributed by atoms with Gasteiger partial charge in [0.15, 0.2) is 12.4 Å². The standard InChI is InChI=1S/C22H19F2N3O2/c1-15(26-27-21-12-9-17(23)13-20(21)24)16-7-10-19(11-8-16)29-14-22(28)25-18-5-3-2-4-6-18/h2-13,27H,14H2,1H3,(H,25,28)/b26-15-. The minimum atomic E-state index is -0.723. The molecule has 0 heterocycles.